The Morgan fingerprint density at radius 1 is 1.03 bits per heavy atom. The number of hydrogen-bond acceptors (Lipinski definition) is 4. The van der Waals surface area contributed by atoms with Crippen LogP contribution in [-0.2, 0) is 0 Å². The van der Waals surface area contributed by atoms with E-state index >= 15 is 0 Å². The van der Waals surface area contributed by atoms with Crippen LogP contribution in [0.25, 0.3) is 11.0 Å². The normalized spacial score (nSPS) is 11.6. The van der Waals surface area contributed by atoms with E-state index in [0.29, 0.717) is 22.7 Å². The SMILES string of the molecule is Cc1cccc(NC(=O)c2cc3ccccc3oc2=Nc2cccc(F)c2C)n1. The first kappa shape index (κ1) is 18.6. The van der Waals surface area contributed by atoms with E-state index in [-0.39, 0.29) is 16.9 Å². The van der Waals surface area contributed by atoms with Crippen molar-refractivity contribution in [2.75, 3.05) is 5.32 Å². The van der Waals surface area contributed by atoms with E-state index in [2.05, 4.69) is 15.3 Å². The first-order valence-corrected chi connectivity index (χ1v) is 9.09. The molecular weight excluding hydrogens is 369 g/mol. The Hall–Kier alpha value is -3.80. The molecule has 0 unspecified atom stereocenters. The van der Waals surface area contributed by atoms with Crippen LogP contribution in [0.3, 0.4) is 0 Å². The molecule has 1 N–H and O–H groups in total. The minimum Gasteiger partial charge on any atom is -0.438 e. The van der Waals surface area contributed by atoms with Gasteiger partial charge in [-0.15, -0.1) is 0 Å². The number of nitrogens with one attached hydrogen (secondary N) is 1. The minimum atomic E-state index is -0.412. The summed E-state index contributed by atoms with van der Waals surface area (Å²) in [6, 6.07) is 19.0. The van der Waals surface area contributed by atoms with Crippen molar-refractivity contribution >= 4 is 28.4 Å². The number of fused-ring (bicyclic) bond motifs is 1. The molecule has 5 nitrogen and oxygen atoms in total. The van der Waals surface area contributed by atoms with Gasteiger partial charge in [-0.2, -0.15) is 0 Å². The first-order valence-electron chi connectivity index (χ1n) is 9.09. The second-order valence-electron chi connectivity index (χ2n) is 6.62. The molecule has 0 atom stereocenters. The predicted molar refractivity (Wildman–Crippen MR) is 110 cm³/mol. The number of para-hydroxylation sites is 1. The van der Waals surface area contributed by atoms with Crippen molar-refractivity contribution < 1.29 is 13.6 Å². The average Bonchev–Trinajstić information content (AvgIpc) is 2.71. The average molecular weight is 387 g/mol. The number of amides is 1. The van der Waals surface area contributed by atoms with Gasteiger partial charge >= 0.3 is 0 Å². The molecule has 0 fully saturated rings. The third kappa shape index (κ3) is 3.91. The molecule has 0 radical (unpaired) electrons. The van der Waals surface area contributed by atoms with Gasteiger partial charge in [0.15, 0.2) is 0 Å². The number of anilines is 1. The van der Waals surface area contributed by atoms with Crippen molar-refractivity contribution in [3.8, 4) is 0 Å². The van der Waals surface area contributed by atoms with Gasteiger partial charge in [-0.25, -0.2) is 14.4 Å². The molecule has 4 aromatic rings. The van der Waals surface area contributed by atoms with Crippen LogP contribution in [0.15, 0.2) is 76.1 Å². The Bertz CT molecular complexity index is 1290. The van der Waals surface area contributed by atoms with Gasteiger partial charge in [-0.3, -0.25) is 4.79 Å². The standard InChI is InChI=1S/C23H18FN3O2/c1-14-7-5-12-21(25-14)27-22(28)17-13-16-8-3-4-11-20(16)29-23(17)26-19-10-6-9-18(24)15(19)2/h3-13H,1-2H3,(H,25,27,28). The summed E-state index contributed by atoms with van der Waals surface area (Å²) in [5, 5.41) is 3.53. The Morgan fingerprint density at radius 2 is 1.83 bits per heavy atom. The van der Waals surface area contributed by atoms with Crippen LogP contribution in [0.2, 0.25) is 0 Å². The van der Waals surface area contributed by atoms with Gasteiger partial charge < -0.3 is 9.73 Å². The highest BCUT2D eigenvalue weighted by Crippen LogP contribution is 2.21. The molecule has 0 saturated carbocycles. The number of pyridine rings is 1. The van der Waals surface area contributed by atoms with Gasteiger partial charge in [0.25, 0.3) is 5.91 Å². The first-order chi connectivity index (χ1) is 14.0. The zero-order chi connectivity index (χ0) is 20.4. The Kier molecular flexibility index (Phi) is 4.91. The number of rotatable bonds is 3. The predicted octanol–water partition coefficient (Wildman–Crippen LogP) is 5.07. The summed E-state index contributed by atoms with van der Waals surface area (Å²) in [5.74, 6) is -0.358. The molecule has 0 saturated heterocycles. The molecule has 0 spiro atoms. The van der Waals surface area contributed by atoms with E-state index in [0.717, 1.165) is 11.1 Å². The van der Waals surface area contributed by atoms with Crippen LogP contribution in [0, 0.1) is 19.7 Å². The number of benzene rings is 2. The Labute approximate surface area is 166 Å². The molecule has 2 aromatic carbocycles. The van der Waals surface area contributed by atoms with Crippen LogP contribution in [0.5, 0.6) is 0 Å². The molecule has 29 heavy (non-hydrogen) atoms. The molecule has 1 amide bonds. The van der Waals surface area contributed by atoms with E-state index in [9.17, 15) is 9.18 Å². The molecular formula is C23H18FN3O2. The molecule has 0 aliphatic heterocycles. The molecule has 0 aliphatic rings. The molecule has 2 aromatic heterocycles. The van der Waals surface area contributed by atoms with Crippen LogP contribution in [-0.4, -0.2) is 10.9 Å². The fourth-order valence-corrected chi connectivity index (χ4v) is 2.94. The highest BCUT2D eigenvalue weighted by Gasteiger charge is 2.14. The van der Waals surface area contributed by atoms with E-state index in [4.69, 9.17) is 4.42 Å². The van der Waals surface area contributed by atoms with Gasteiger partial charge in [0.2, 0.25) is 5.55 Å². The van der Waals surface area contributed by atoms with E-state index in [1.54, 1.807) is 37.3 Å². The maximum absolute atomic E-state index is 13.9. The lowest BCUT2D eigenvalue weighted by Crippen LogP contribution is -2.22. The largest absolute Gasteiger partial charge is 0.438 e. The molecule has 6 heteroatoms. The third-order valence-electron chi connectivity index (χ3n) is 4.49. The van der Waals surface area contributed by atoms with Gasteiger partial charge in [0.05, 0.1) is 5.69 Å². The smallest absolute Gasteiger partial charge is 0.262 e. The zero-order valence-electron chi connectivity index (χ0n) is 15.9. The topological polar surface area (TPSA) is 67.5 Å². The monoisotopic (exact) mass is 387 g/mol. The van der Waals surface area contributed by atoms with Crippen LogP contribution >= 0.6 is 0 Å². The van der Waals surface area contributed by atoms with Crippen molar-refractivity contribution in [3.05, 3.63) is 94.9 Å². The van der Waals surface area contributed by atoms with E-state index < -0.39 is 5.91 Å². The van der Waals surface area contributed by atoms with Crippen LogP contribution in [0.4, 0.5) is 15.9 Å². The summed E-state index contributed by atoms with van der Waals surface area (Å²) >= 11 is 0. The third-order valence-corrected chi connectivity index (χ3v) is 4.49. The lowest BCUT2D eigenvalue weighted by Gasteiger charge is -2.07. The number of halogens is 1. The van der Waals surface area contributed by atoms with Crippen LogP contribution < -0.4 is 10.9 Å². The number of nitrogens with zero attached hydrogens (tertiary/aromatic N) is 2. The molecule has 4 rings (SSSR count). The highest BCUT2D eigenvalue weighted by atomic mass is 19.1. The maximum Gasteiger partial charge on any atom is 0.262 e. The number of aromatic nitrogens is 1. The molecule has 144 valence electrons. The quantitative estimate of drug-likeness (QED) is 0.534. The van der Waals surface area contributed by atoms with E-state index in [1.807, 2.05) is 37.3 Å². The summed E-state index contributed by atoms with van der Waals surface area (Å²) in [6.07, 6.45) is 0. The van der Waals surface area contributed by atoms with Gasteiger partial charge in [0, 0.05) is 16.6 Å². The van der Waals surface area contributed by atoms with Crippen molar-refractivity contribution in [2.45, 2.75) is 13.8 Å². The number of carbonyl (C=O) groups excluding carboxylic acids is 1. The van der Waals surface area contributed by atoms with Crippen molar-refractivity contribution in [3.63, 3.8) is 0 Å². The van der Waals surface area contributed by atoms with Crippen molar-refractivity contribution in [2.24, 2.45) is 4.99 Å². The lowest BCUT2D eigenvalue weighted by atomic mass is 10.1. The van der Waals surface area contributed by atoms with Gasteiger partial charge in [-0.05, 0) is 50.2 Å². The van der Waals surface area contributed by atoms with Crippen LogP contribution in [0.1, 0.15) is 21.6 Å². The maximum atomic E-state index is 13.9. The Morgan fingerprint density at radius 3 is 2.66 bits per heavy atom. The highest BCUT2D eigenvalue weighted by molar-refractivity contribution is 6.04. The van der Waals surface area contributed by atoms with Crippen molar-refractivity contribution in [1.82, 2.24) is 4.98 Å². The second kappa shape index (κ2) is 7.67. The molecule has 2 heterocycles. The van der Waals surface area contributed by atoms with Gasteiger partial charge in [-0.1, -0.05) is 30.3 Å². The number of aryl methyl sites for hydroxylation is 1. The lowest BCUT2D eigenvalue weighted by molar-refractivity contribution is 0.102. The second-order valence-corrected chi connectivity index (χ2v) is 6.62. The summed E-state index contributed by atoms with van der Waals surface area (Å²) in [6.45, 7) is 3.47. The van der Waals surface area contributed by atoms with Gasteiger partial charge in [0.1, 0.15) is 22.8 Å². The summed E-state index contributed by atoms with van der Waals surface area (Å²) in [7, 11) is 0. The van der Waals surface area contributed by atoms with Crippen molar-refractivity contribution in [1.29, 1.82) is 0 Å². The summed E-state index contributed by atoms with van der Waals surface area (Å²) in [5.41, 5.74) is 2.46. The number of hydrogen-bond donors (Lipinski definition) is 1. The van der Waals surface area contributed by atoms with E-state index in [1.165, 1.54) is 6.07 Å². The molecule has 0 aliphatic carbocycles. The number of carbonyl (C=O) groups is 1. The molecule has 0 bridgehead atoms. The fraction of sp³-hybridized carbons (Fsp3) is 0.0870. The zero-order valence-corrected chi connectivity index (χ0v) is 15.9. The summed E-state index contributed by atoms with van der Waals surface area (Å²) < 4.78 is 19.8. The minimum absolute atomic E-state index is 0.0996. The summed E-state index contributed by atoms with van der Waals surface area (Å²) in [4.78, 5) is 21.7. The Balaban J connectivity index is 1.87. The fourth-order valence-electron chi connectivity index (χ4n) is 2.94.